The first-order chi connectivity index (χ1) is 11.1. The van der Waals surface area contributed by atoms with E-state index in [2.05, 4.69) is 0 Å². The van der Waals surface area contributed by atoms with Gasteiger partial charge in [-0.25, -0.2) is 4.79 Å². The Labute approximate surface area is 137 Å². The highest BCUT2D eigenvalue weighted by atomic mass is 32.2. The van der Waals surface area contributed by atoms with Crippen LogP contribution in [0.2, 0.25) is 0 Å². The molecule has 2 aromatic carbocycles. The molecule has 23 heavy (non-hydrogen) atoms. The van der Waals surface area contributed by atoms with Gasteiger partial charge in [0.1, 0.15) is 5.75 Å². The molecule has 0 fully saturated rings. The molecule has 4 nitrogen and oxygen atoms in total. The summed E-state index contributed by atoms with van der Waals surface area (Å²) in [4.78, 5) is 12.8. The van der Waals surface area contributed by atoms with Crippen molar-refractivity contribution in [3.05, 3.63) is 59.7 Å². The highest BCUT2D eigenvalue weighted by Crippen LogP contribution is 2.33. The largest absolute Gasteiger partial charge is 0.493 e. The summed E-state index contributed by atoms with van der Waals surface area (Å²) < 4.78 is 22.4. The molecule has 0 saturated carbocycles. The number of carbonyl (C=O) groups excluding carboxylic acids is 1. The molecular formula is C18H18O4S. The summed E-state index contributed by atoms with van der Waals surface area (Å²) in [6, 6.07) is 14.5. The average Bonchev–Trinajstić information content (AvgIpc) is 2.59. The fourth-order valence-electron chi connectivity index (χ4n) is 2.63. The normalized spacial score (nSPS) is 17.7. The predicted molar refractivity (Wildman–Crippen MR) is 88.4 cm³/mol. The molecule has 0 bridgehead atoms. The summed E-state index contributed by atoms with van der Waals surface area (Å²) in [5, 5.41) is 0. The molecule has 1 aliphatic heterocycles. The second-order valence-electron chi connectivity index (χ2n) is 5.45. The first-order valence-corrected chi connectivity index (χ1v) is 9.03. The summed E-state index contributed by atoms with van der Waals surface area (Å²) in [7, 11) is -1.05. The van der Waals surface area contributed by atoms with Gasteiger partial charge in [0.25, 0.3) is 0 Å². The third-order valence-corrected chi connectivity index (χ3v) is 4.86. The molecule has 1 heterocycles. The van der Waals surface area contributed by atoms with Crippen LogP contribution in [0.15, 0.2) is 53.4 Å². The van der Waals surface area contributed by atoms with Gasteiger partial charge in [-0.3, -0.25) is 4.21 Å². The van der Waals surface area contributed by atoms with Crippen molar-refractivity contribution in [3.63, 3.8) is 0 Å². The van der Waals surface area contributed by atoms with E-state index in [1.165, 1.54) is 0 Å². The molecule has 3 rings (SSSR count). The van der Waals surface area contributed by atoms with E-state index in [-0.39, 0.29) is 11.9 Å². The van der Waals surface area contributed by atoms with Gasteiger partial charge in [-0.1, -0.05) is 18.2 Å². The maximum Gasteiger partial charge on any atom is 0.338 e. The number of hydrogen-bond acceptors (Lipinski definition) is 4. The van der Waals surface area contributed by atoms with Crippen LogP contribution in [0.5, 0.6) is 5.75 Å². The van der Waals surface area contributed by atoms with Crippen LogP contribution >= 0.6 is 0 Å². The zero-order chi connectivity index (χ0) is 16.2. The first kappa shape index (κ1) is 15.7. The molecule has 120 valence electrons. The number of fused-ring (bicyclic) bond motifs is 1. The molecule has 2 aromatic rings. The predicted octanol–water partition coefficient (Wildman–Crippen LogP) is 3.15. The van der Waals surface area contributed by atoms with Crippen LogP contribution in [0.4, 0.5) is 0 Å². The molecule has 1 aliphatic rings. The number of esters is 1. The Balaban J connectivity index is 1.64. The minimum Gasteiger partial charge on any atom is -0.493 e. The van der Waals surface area contributed by atoms with Gasteiger partial charge in [0, 0.05) is 33.4 Å². The van der Waals surface area contributed by atoms with Crippen molar-refractivity contribution in [2.24, 2.45) is 0 Å². The second kappa shape index (κ2) is 6.96. The lowest BCUT2D eigenvalue weighted by molar-refractivity contribution is 0.0459. The SMILES string of the molecule is C[S@](=O)c1ccc(C(=O)OC[C@H]2CCOc3ccccc32)cc1. The Morgan fingerprint density at radius 2 is 1.96 bits per heavy atom. The van der Waals surface area contributed by atoms with Crippen LogP contribution in [0.3, 0.4) is 0 Å². The number of benzene rings is 2. The smallest absolute Gasteiger partial charge is 0.338 e. The van der Waals surface area contributed by atoms with Crippen LogP contribution in [0.1, 0.15) is 28.3 Å². The Hall–Kier alpha value is -2.14. The summed E-state index contributed by atoms with van der Waals surface area (Å²) in [5.41, 5.74) is 1.56. The number of rotatable bonds is 4. The Morgan fingerprint density at radius 3 is 2.70 bits per heavy atom. The monoisotopic (exact) mass is 330 g/mol. The lowest BCUT2D eigenvalue weighted by Gasteiger charge is -2.25. The Morgan fingerprint density at radius 1 is 1.22 bits per heavy atom. The van der Waals surface area contributed by atoms with Crippen molar-refractivity contribution in [3.8, 4) is 5.75 Å². The zero-order valence-electron chi connectivity index (χ0n) is 12.9. The first-order valence-electron chi connectivity index (χ1n) is 7.47. The summed E-state index contributed by atoms with van der Waals surface area (Å²) in [6.07, 6.45) is 2.44. The molecule has 0 unspecified atom stereocenters. The number of hydrogen-bond donors (Lipinski definition) is 0. The van der Waals surface area contributed by atoms with Crippen molar-refractivity contribution in [2.45, 2.75) is 17.2 Å². The lowest BCUT2D eigenvalue weighted by Crippen LogP contribution is -2.20. The minimum absolute atomic E-state index is 0.159. The summed E-state index contributed by atoms with van der Waals surface area (Å²) >= 11 is 0. The minimum atomic E-state index is -1.05. The van der Waals surface area contributed by atoms with Crippen LogP contribution in [-0.4, -0.2) is 29.6 Å². The van der Waals surface area contributed by atoms with E-state index in [9.17, 15) is 9.00 Å². The second-order valence-corrected chi connectivity index (χ2v) is 6.83. The van der Waals surface area contributed by atoms with E-state index in [1.807, 2.05) is 24.3 Å². The van der Waals surface area contributed by atoms with E-state index in [0.717, 1.165) is 17.7 Å². The van der Waals surface area contributed by atoms with Gasteiger partial charge in [-0.05, 0) is 36.8 Å². The molecule has 2 atom stereocenters. The van der Waals surface area contributed by atoms with Gasteiger partial charge >= 0.3 is 5.97 Å². The molecule has 0 aromatic heterocycles. The van der Waals surface area contributed by atoms with Crippen molar-refractivity contribution in [1.82, 2.24) is 0 Å². The number of ether oxygens (including phenoxy) is 2. The van der Waals surface area contributed by atoms with Gasteiger partial charge in [0.05, 0.1) is 18.8 Å². The molecule has 5 heteroatoms. The van der Waals surface area contributed by atoms with E-state index in [4.69, 9.17) is 9.47 Å². The van der Waals surface area contributed by atoms with Crippen molar-refractivity contribution < 1.29 is 18.5 Å². The summed E-state index contributed by atoms with van der Waals surface area (Å²) in [5.74, 6) is 0.670. The molecule has 0 amide bonds. The maximum atomic E-state index is 12.2. The van der Waals surface area contributed by atoms with Crippen LogP contribution in [-0.2, 0) is 15.5 Å². The fraction of sp³-hybridized carbons (Fsp3) is 0.278. The number of para-hydroxylation sites is 1. The van der Waals surface area contributed by atoms with Crippen molar-refractivity contribution in [2.75, 3.05) is 19.5 Å². The zero-order valence-corrected chi connectivity index (χ0v) is 13.7. The Bertz CT molecular complexity index is 724. The van der Waals surface area contributed by atoms with Gasteiger partial charge in [0.2, 0.25) is 0 Å². The molecule has 0 N–H and O–H groups in total. The highest BCUT2D eigenvalue weighted by molar-refractivity contribution is 7.84. The van der Waals surface area contributed by atoms with Crippen molar-refractivity contribution >= 4 is 16.8 Å². The van der Waals surface area contributed by atoms with E-state index < -0.39 is 10.8 Å². The third-order valence-electron chi connectivity index (χ3n) is 3.92. The quantitative estimate of drug-likeness (QED) is 0.808. The Kier molecular flexibility index (Phi) is 4.76. The van der Waals surface area contributed by atoms with Crippen LogP contribution < -0.4 is 4.74 Å². The molecular weight excluding hydrogens is 312 g/mol. The average molecular weight is 330 g/mol. The van der Waals surface area contributed by atoms with Gasteiger partial charge < -0.3 is 9.47 Å². The molecule has 0 saturated heterocycles. The molecule has 0 radical (unpaired) electrons. The topological polar surface area (TPSA) is 52.6 Å². The van der Waals surface area contributed by atoms with Crippen molar-refractivity contribution in [1.29, 1.82) is 0 Å². The van der Waals surface area contributed by atoms with E-state index in [1.54, 1.807) is 30.5 Å². The number of carbonyl (C=O) groups is 1. The molecule has 0 aliphatic carbocycles. The van der Waals surface area contributed by atoms with E-state index >= 15 is 0 Å². The molecule has 0 spiro atoms. The van der Waals surface area contributed by atoms with Gasteiger partial charge in [-0.15, -0.1) is 0 Å². The third kappa shape index (κ3) is 3.62. The maximum absolute atomic E-state index is 12.2. The van der Waals surface area contributed by atoms with Gasteiger partial charge in [0.15, 0.2) is 0 Å². The van der Waals surface area contributed by atoms with Gasteiger partial charge in [-0.2, -0.15) is 0 Å². The lowest BCUT2D eigenvalue weighted by atomic mass is 9.94. The van der Waals surface area contributed by atoms with Crippen LogP contribution in [0, 0.1) is 0 Å². The van der Waals surface area contributed by atoms with Crippen LogP contribution in [0.25, 0.3) is 0 Å². The fourth-order valence-corrected chi connectivity index (χ4v) is 3.15. The van der Waals surface area contributed by atoms with E-state index in [0.29, 0.717) is 23.7 Å². The summed E-state index contributed by atoms with van der Waals surface area (Å²) in [6.45, 7) is 0.969. The highest BCUT2D eigenvalue weighted by Gasteiger charge is 2.22. The standard InChI is InChI=1S/C18H18O4S/c1-23(20)15-8-6-13(7-9-15)18(19)22-12-14-10-11-21-17-5-3-2-4-16(14)17/h2-9,14H,10-12H2,1H3/t14-,23+/m1/s1.